The number of hydrogen-bond donors (Lipinski definition) is 1. The van der Waals surface area contributed by atoms with Gasteiger partial charge in [-0.25, -0.2) is 0 Å². The summed E-state index contributed by atoms with van der Waals surface area (Å²) < 4.78 is 0. The third-order valence-electron chi connectivity index (χ3n) is 3.45. The molecule has 1 amide bonds. The van der Waals surface area contributed by atoms with E-state index in [-0.39, 0.29) is 5.91 Å². The highest BCUT2D eigenvalue weighted by Crippen LogP contribution is 2.23. The molecule has 0 radical (unpaired) electrons. The molecular weight excluding hydrogens is 238 g/mol. The molecule has 1 N–H and O–H groups in total. The largest absolute Gasteiger partial charge is 0.310 e. The lowest BCUT2D eigenvalue weighted by Crippen LogP contribution is -2.51. The Morgan fingerprint density at radius 2 is 2.21 bits per heavy atom. The highest BCUT2D eigenvalue weighted by atomic mass is 16.2. The fraction of sp³-hybridized carbons (Fsp3) is 0.467. The van der Waals surface area contributed by atoms with Crippen LogP contribution in [0.5, 0.6) is 0 Å². The minimum Gasteiger partial charge on any atom is -0.310 e. The monoisotopic (exact) mass is 257 g/mol. The van der Waals surface area contributed by atoms with Crippen molar-refractivity contribution in [3.63, 3.8) is 0 Å². The number of nitrogens with zero attached hydrogens (tertiary/aromatic N) is 2. The molecule has 0 bridgehead atoms. The number of rotatable bonds is 1. The third kappa shape index (κ3) is 2.77. The van der Waals surface area contributed by atoms with Crippen molar-refractivity contribution in [3.05, 3.63) is 29.8 Å². The van der Waals surface area contributed by atoms with Crippen LogP contribution in [-0.4, -0.2) is 24.5 Å². The van der Waals surface area contributed by atoms with Gasteiger partial charge in [0.25, 0.3) is 0 Å². The van der Waals surface area contributed by atoms with Crippen LogP contribution < -0.4 is 10.2 Å². The van der Waals surface area contributed by atoms with E-state index in [2.05, 4.69) is 18.3 Å². The zero-order valence-electron chi connectivity index (χ0n) is 11.6. The second-order valence-electron chi connectivity index (χ2n) is 5.69. The first kappa shape index (κ1) is 13.6. The summed E-state index contributed by atoms with van der Waals surface area (Å²) in [5.74, 6) is 0.420. The van der Waals surface area contributed by atoms with Crippen molar-refractivity contribution in [1.29, 1.82) is 5.26 Å². The number of amides is 1. The molecule has 0 spiro atoms. The van der Waals surface area contributed by atoms with Crippen LogP contribution >= 0.6 is 0 Å². The molecule has 0 aliphatic carbocycles. The number of carbonyl (C=O) groups excluding carboxylic acids is 1. The standard InChI is InChI=1S/C15H19N3O/c1-11-9-17-15(2,3)14(19)18(10-11)13-6-4-5-12(7-13)8-16/h4-7,11,17H,9-10H2,1-3H3. The first-order chi connectivity index (χ1) is 8.94. The van der Waals surface area contributed by atoms with Crippen molar-refractivity contribution in [3.8, 4) is 6.07 Å². The van der Waals surface area contributed by atoms with Gasteiger partial charge in [-0.15, -0.1) is 0 Å². The number of anilines is 1. The Morgan fingerprint density at radius 1 is 1.47 bits per heavy atom. The van der Waals surface area contributed by atoms with E-state index in [0.717, 1.165) is 12.2 Å². The lowest BCUT2D eigenvalue weighted by atomic mass is 10.0. The topological polar surface area (TPSA) is 56.1 Å². The summed E-state index contributed by atoms with van der Waals surface area (Å²) in [6, 6.07) is 9.33. The molecule has 1 aliphatic rings. The van der Waals surface area contributed by atoms with Crippen molar-refractivity contribution < 1.29 is 4.79 Å². The van der Waals surface area contributed by atoms with Crippen molar-refractivity contribution in [2.45, 2.75) is 26.3 Å². The highest BCUT2D eigenvalue weighted by Gasteiger charge is 2.36. The van der Waals surface area contributed by atoms with Gasteiger partial charge < -0.3 is 10.2 Å². The number of hydrogen-bond acceptors (Lipinski definition) is 3. The zero-order chi connectivity index (χ0) is 14.0. The van der Waals surface area contributed by atoms with Crippen molar-refractivity contribution in [2.75, 3.05) is 18.0 Å². The second kappa shape index (κ2) is 5.02. The Kier molecular flexibility index (Phi) is 3.59. The van der Waals surface area contributed by atoms with Crippen LogP contribution in [0.15, 0.2) is 24.3 Å². The van der Waals surface area contributed by atoms with E-state index in [1.807, 2.05) is 26.0 Å². The first-order valence-electron chi connectivity index (χ1n) is 6.51. The minimum atomic E-state index is -0.576. The molecule has 2 rings (SSSR count). The van der Waals surface area contributed by atoms with Crippen LogP contribution in [0.25, 0.3) is 0 Å². The maximum absolute atomic E-state index is 12.6. The highest BCUT2D eigenvalue weighted by molar-refractivity contribution is 6.00. The van der Waals surface area contributed by atoms with Crippen molar-refractivity contribution in [1.82, 2.24) is 5.32 Å². The van der Waals surface area contributed by atoms with Gasteiger partial charge in [0.15, 0.2) is 0 Å². The molecule has 4 nitrogen and oxygen atoms in total. The SMILES string of the molecule is CC1CNC(C)(C)C(=O)N(c2cccc(C#N)c2)C1. The van der Waals surface area contributed by atoms with Crippen molar-refractivity contribution >= 4 is 11.6 Å². The summed E-state index contributed by atoms with van der Waals surface area (Å²) in [6.45, 7) is 7.39. The minimum absolute atomic E-state index is 0.0481. The van der Waals surface area contributed by atoms with Crippen molar-refractivity contribution in [2.24, 2.45) is 5.92 Å². The molecule has 1 atom stereocenters. The molecule has 1 aromatic carbocycles. The first-order valence-corrected chi connectivity index (χ1v) is 6.51. The fourth-order valence-corrected chi connectivity index (χ4v) is 2.27. The van der Waals surface area contributed by atoms with Gasteiger partial charge in [0, 0.05) is 18.8 Å². The normalized spacial score (nSPS) is 22.7. The van der Waals surface area contributed by atoms with E-state index in [1.54, 1.807) is 17.0 Å². The molecule has 1 saturated heterocycles. The van der Waals surface area contributed by atoms with E-state index < -0.39 is 5.54 Å². The Morgan fingerprint density at radius 3 is 2.89 bits per heavy atom. The summed E-state index contributed by atoms with van der Waals surface area (Å²) in [5.41, 5.74) is 0.800. The van der Waals surface area contributed by atoms with E-state index in [0.29, 0.717) is 18.0 Å². The van der Waals surface area contributed by atoms with Crippen LogP contribution in [0.2, 0.25) is 0 Å². The average molecular weight is 257 g/mol. The lowest BCUT2D eigenvalue weighted by Gasteiger charge is -2.29. The van der Waals surface area contributed by atoms with E-state index in [1.165, 1.54) is 0 Å². The van der Waals surface area contributed by atoms with Crippen LogP contribution in [0, 0.1) is 17.2 Å². The lowest BCUT2D eigenvalue weighted by molar-refractivity contribution is -0.123. The zero-order valence-corrected chi connectivity index (χ0v) is 11.6. The summed E-state index contributed by atoms with van der Waals surface area (Å²) in [4.78, 5) is 14.4. The van der Waals surface area contributed by atoms with Gasteiger partial charge >= 0.3 is 0 Å². The van der Waals surface area contributed by atoms with Gasteiger partial charge in [-0.2, -0.15) is 5.26 Å². The molecule has 0 aromatic heterocycles. The van der Waals surface area contributed by atoms with E-state index >= 15 is 0 Å². The number of nitriles is 1. The predicted octanol–water partition coefficient (Wildman–Crippen LogP) is 1.91. The maximum Gasteiger partial charge on any atom is 0.246 e. The Balaban J connectivity index is 2.40. The molecule has 1 heterocycles. The van der Waals surface area contributed by atoms with Gasteiger partial charge in [-0.3, -0.25) is 4.79 Å². The Hall–Kier alpha value is -1.86. The van der Waals surface area contributed by atoms with Crippen LogP contribution in [0.1, 0.15) is 26.3 Å². The molecule has 4 heteroatoms. The third-order valence-corrected chi connectivity index (χ3v) is 3.45. The summed E-state index contributed by atoms with van der Waals surface area (Å²) in [6.07, 6.45) is 0. The van der Waals surface area contributed by atoms with Gasteiger partial charge in [0.1, 0.15) is 0 Å². The smallest absolute Gasteiger partial charge is 0.246 e. The molecule has 0 saturated carbocycles. The molecule has 19 heavy (non-hydrogen) atoms. The maximum atomic E-state index is 12.6. The molecule has 1 aliphatic heterocycles. The second-order valence-corrected chi connectivity index (χ2v) is 5.69. The molecule has 1 unspecified atom stereocenters. The summed E-state index contributed by atoms with van der Waals surface area (Å²) in [5, 5.41) is 12.3. The summed E-state index contributed by atoms with van der Waals surface area (Å²) in [7, 11) is 0. The fourth-order valence-electron chi connectivity index (χ4n) is 2.27. The Bertz CT molecular complexity index is 530. The van der Waals surface area contributed by atoms with Crippen LogP contribution in [0.4, 0.5) is 5.69 Å². The predicted molar refractivity (Wildman–Crippen MR) is 74.8 cm³/mol. The summed E-state index contributed by atoms with van der Waals surface area (Å²) >= 11 is 0. The number of nitrogens with one attached hydrogen (secondary N) is 1. The number of benzene rings is 1. The van der Waals surface area contributed by atoms with Gasteiger partial charge in [-0.1, -0.05) is 13.0 Å². The van der Waals surface area contributed by atoms with E-state index in [4.69, 9.17) is 5.26 Å². The average Bonchev–Trinajstić information content (AvgIpc) is 2.50. The molecular formula is C15H19N3O. The van der Waals surface area contributed by atoms with Crippen LogP contribution in [-0.2, 0) is 4.79 Å². The van der Waals surface area contributed by atoms with E-state index in [9.17, 15) is 4.79 Å². The molecule has 100 valence electrons. The van der Waals surface area contributed by atoms with Crippen LogP contribution in [0.3, 0.4) is 0 Å². The van der Waals surface area contributed by atoms with Gasteiger partial charge in [-0.05, 0) is 38.0 Å². The van der Waals surface area contributed by atoms with Gasteiger partial charge in [0.2, 0.25) is 5.91 Å². The number of carbonyl (C=O) groups is 1. The van der Waals surface area contributed by atoms with Gasteiger partial charge in [0.05, 0.1) is 17.2 Å². The quantitative estimate of drug-likeness (QED) is 0.836. The molecule has 1 fully saturated rings. The molecule has 1 aromatic rings. The Labute approximate surface area is 114 Å².